The average Bonchev–Trinajstić information content (AvgIpc) is 3.17. The molecule has 4 rings (SSSR count). The summed E-state index contributed by atoms with van der Waals surface area (Å²) in [6.07, 6.45) is 3.10. The Bertz CT molecular complexity index is 949. The molecular formula is C23H23N2O+. The van der Waals surface area contributed by atoms with Gasteiger partial charge in [-0.1, -0.05) is 49.4 Å². The highest BCUT2D eigenvalue weighted by molar-refractivity contribution is 6.09. The van der Waals surface area contributed by atoms with E-state index in [2.05, 4.69) is 58.7 Å². The van der Waals surface area contributed by atoms with E-state index in [1.54, 1.807) is 0 Å². The van der Waals surface area contributed by atoms with Crippen LogP contribution in [0.25, 0.3) is 0 Å². The minimum Gasteiger partial charge on any atom is -0.336 e. The van der Waals surface area contributed by atoms with Crippen molar-refractivity contribution in [3.8, 4) is 0 Å². The number of rotatable bonds is 5. The van der Waals surface area contributed by atoms with E-state index in [0.717, 1.165) is 36.3 Å². The Balaban J connectivity index is 1.71. The number of hydrogen-bond donors (Lipinski definition) is 0. The van der Waals surface area contributed by atoms with Crippen molar-refractivity contribution in [1.82, 2.24) is 4.57 Å². The molecule has 1 aliphatic heterocycles. The zero-order chi connectivity index (χ0) is 17.9. The fourth-order valence-corrected chi connectivity index (χ4v) is 3.60. The molecule has 1 aromatic heterocycles. The number of benzene rings is 2. The Morgan fingerprint density at radius 3 is 2.50 bits per heavy atom. The van der Waals surface area contributed by atoms with E-state index in [1.165, 1.54) is 11.3 Å². The minimum absolute atomic E-state index is 0.168. The standard InChI is InChI=1S/C23H23N2O/c1-2-18-10-12-19(13-11-18)22(26)17-25-16-15-24-14-6-9-21(24)23(25)20-7-4-3-5-8-20/h3-14H,2,15-17H2,1H3/q+1. The Kier molecular flexibility index (Phi) is 4.53. The molecule has 0 aliphatic carbocycles. The van der Waals surface area contributed by atoms with E-state index in [9.17, 15) is 4.79 Å². The molecule has 0 spiro atoms. The van der Waals surface area contributed by atoms with Crippen LogP contribution in [0.15, 0.2) is 72.9 Å². The van der Waals surface area contributed by atoms with Crippen molar-refractivity contribution in [2.45, 2.75) is 19.9 Å². The van der Waals surface area contributed by atoms with Gasteiger partial charge in [-0.3, -0.25) is 4.79 Å². The smallest absolute Gasteiger partial charge is 0.231 e. The van der Waals surface area contributed by atoms with Gasteiger partial charge >= 0.3 is 0 Å². The van der Waals surface area contributed by atoms with Crippen LogP contribution < -0.4 is 0 Å². The van der Waals surface area contributed by atoms with Crippen molar-refractivity contribution < 1.29 is 9.37 Å². The fraction of sp³-hybridized carbons (Fsp3) is 0.217. The Morgan fingerprint density at radius 2 is 1.77 bits per heavy atom. The van der Waals surface area contributed by atoms with Gasteiger partial charge in [0.2, 0.25) is 18.0 Å². The highest BCUT2D eigenvalue weighted by atomic mass is 16.1. The predicted molar refractivity (Wildman–Crippen MR) is 104 cm³/mol. The Hall–Kier alpha value is -2.94. The van der Waals surface area contributed by atoms with Crippen molar-refractivity contribution in [3.05, 3.63) is 95.3 Å². The summed E-state index contributed by atoms with van der Waals surface area (Å²) in [5, 5.41) is 0. The summed E-state index contributed by atoms with van der Waals surface area (Å²) in [6, 6.07) is 22.6. The van der Waals surface area contributed by atoms with Gasteiger partial charge in [-0.2, -0.15) is 0 Å². The second kappa shape index (κ2) is 7.12. The van der Waals surface area contributed by atoms with Gasteiger partial charge in [-0.15, -0.1) is 0 Å². The predicted octanol–water partition coefficient (Wildman–Crippen LogP) is 3.80. The molecule has 3 nitrogen and oxygen atoms in total. The number of hydrogen-bond acceptors (Lipinski definition) is 1. The van der Waals surface area contributed by atoms with Crippen LogP contribution in [0.3, 0.4) is 0 Å². The second-order valence-electron chi connectivity index (χ2n) is 6.70. The maximum atomic E-state index is 12.9. The topological polar surface area (TPSA) is 25.0 Å². The van der Waals surface area contributed by atoms with Crippen molar-refractivity contribution in [2.75, 3.05) is 13.1 Å². The lowest BCUT2D eigenvalue weighted by Gasteiger charge is -2.18. The molecular weight excluding hydrogens is 320 g/mol. The van der Waals surface area contributed by atoms with Crippen LogP contribution in [0.4, 0.5) is 0 Å². The molecule has 3 heteroatoms. The molecule has 0 saturated carbocycles. The molecule has 130 valence electrons. The lowest BCUT2D eigenvalue weighted by molar-refractivity contribution is -0.517. The van der Waals surface area contributed by atoms with Gasteiger partial charge in [0.15, 0.2) is 6.54 Å². The molecule has 0 atom stereocenters. The number of aryl methyl sites for hydroxylation is 1. The van der Waals surface area contributed by atoms with E-state index in [-0.39, 0.29) is 5.78 Å². The first-order chi connectivity index (χ1) is 12.8. The van der Waals surface area contributed by atoms with E-state index in [1.807, 2.05) is 30.3 Å². The normalized spacial score (nSPS) is 13.6. The van der Waals surface area contributed by atoms with Crippen LogP contribution >= 0.6 is 0 Å². The van der Waals surface area contributed by atoms with Gasteiger partial charge in [0.1, 0.15) is 5.69 Å². The zero-order valence-electron chi connectivity index (χ0n) is 15.1. The maximum absolute atomic E-state index is 12.9. The van der Waals surface area contributed by atoms with Gasteiger partial charge in [0.05, 0.1) is 6.54 Å². The molecule has 0 unspecified atom stereocenters. The van der Waals surface area contributed by atoms with Gasteiger partial charge < -0.3 is 4.57 Å². The molecule has 0 saturated heterocycles. The fourth-order valence-electron chi connectivity index (χ4n) is 3.60. The average molecular weight is 343 g/mol. The second-order valence-corrected chi connectivity index (χ2v) is 6.70. The van der Waals surface area contributed by atoms with Gasteiger partial charge in [0.25, 0.3) is 0 Å². The summed E-state index contributed by atoms with van der Waals surface area (Å²) in [4.78, 5) is 12.9. The summed E-state index contributed by atoms with van der Waals surface area (Å²) in [7, 11) is 0. The van der Waals surface area contributed by atoms with Crippen LogP contribution in [-0.4, -0.2) is 33.7 Å². The summed E-state index contributed by atoms with van der Waals surface area (Å²) < 4.78 is 4.49. The molecule has 0 radical (unpaired) electrons. The third-order valence-electron chi connectivity index (χ3n) is 5.07. The van der Waals surface area contributed by atoms with Gasteiger partial charge in [-0.05, 0) is 36.2 Å². The first-order valence-corrected chi connectivity index (χ1v) is 9.21. The van der Waals surface area contributed by atoms with Crippen LogP contribution in [-0.2, 0) is 13.0 Å². The third kappa shape index (κ3) is 3.13. The van der Waals surface area contributed by atoms with Crippen LogP contribution in [0.5, 0.6) is 0 Å². The van der Waals surface area contributed by atoms with Crippen molar-refractivity contribution in [1.29, 1.82) is 0 Å². The number of carbonyl (C=O) groups is 1. The summed E-state index contributed by atoms with van der Waals surface area (Å²) in [5.74, 6) is 0.168. The van der Waals surface area contributed by atoms with Gasteiger partial charge in [0, 0.05) is 17.3 Å². The summed E-state index contributed by atoms with van der Waals surface area (Å²) in [6.45, 7) is 4.27. The summed E-state index contributed by atoms with van der Waals surface area (Å²) >= 11 is 0. The molecule has 26 heavy (non-hydrogen) atoms. The molecule has 0 fully saturated rings. The van der Waals surface area contributed by atoms with E-state index >= 15 is 0 Å². The molecule has 2 aromatic carbocycles. The quantitative estimate of drug-likeness (QED) is 0.511. The highest BCUT2D eigenvalue weighted by Crippen LogP contribution is 2.16. The van der Waals surface area contributed by atoms with Crippen molar-refractivity contribution in [2.24, 2.45) is 0 Å². The lowest BCUT2D eigenvalue weighted by Crippen LogP contribution is -2.36. The molecule has 0 N–H and O–H groups in total. The highest BCUT2D eigenvalue weighted by Gasteiger charge is 2.28. The lowest BCUT2D eigenvalue weighted by atomic mass is 10.0. The number of Topliss-reactive ketones (excluding diaryl/α,β-unsaturated/α-hetero) is 1. The SMILES string of the molecule is CCc1ccc(C(=O)C[N+]2=C(c3ccccc3)c3cccn3CC2)cc1. The number of aromatic nitrogens is 1. The molecule has 0 bridgehead atoms. The first kappa shape index (κ1) is 16.5. The largest absolute Gasteiger partial charge is 0.336 e. The zero-order valence-corrected chi connectivity index (χ0v) is 15.1. The number of carbonyl (C=O) groups excluding carboxylic acids is 1. The molecule has 1 aliphatic rings. The molecule has 0 amide bonds. The Labute approximate surface area is 154 Å². The van der Waals surface area contributed by atoms with Crippen LogP contribution in [0.2, 0.25) is 0 Å². The first-order valence-electron chi connectivity index (χ1n) is 9.21. The van der Waals surface area contributed by atoms with Crippen LogP contribution in [0.1, 0.15) is 34.1 Å². The minimum atomic E-state index is 0.168. The Morgan fingerprint density at radius 1 is 1.00 bits per heavy atom. The van der Waals surface area contributed by atoms with Crippen molar-refractivity contribution in [3.63, 3.8) is 0 Å². The van der Waals surface area contributed by atoms with Crippen LogP contribution in [0, 0.1) is 0 Å². The number of ketones is 1. The molecule has 3 aromatic rings. The maximum Gasteiger partial charge on any atom is 0.231 e. The summed E-state index contributed by atoms with van der Waals surface area (Å²) in [5.41, 5.74) is 5.52. The van der Waals surface area contributed by atoms with Crippen molar-refractivity contribution >= 4 is 11.5 Å². The number of fused-ring (bicyclic) bond motifs is 1. The van der Waals surface area contributed by atoms with E-state index < -0.39 is 0 Å². The number of nitrogens with zero attached hydrogens (tertiary/aromatic N) is 2. The third-order valence-corrected chi connectivity index (χ3v) is 5.07. The monoisotopic (exact) mass is 343 g/mol. The van der Waals surface area contributed by atoms with Gasteiger partial charge in [-0.25, -0.2) is 4.58 Å². The van der Waals surface area contributed by atoms with E-state index in [4.69, 9.17) is 0 Å². The van der Waals surface area contributed by atoms with E-state index in [0.29, 0.717) is 6.54 Å². The molecule has 2 heterocycles.